The Labute approximate surface area is 455 Å². The molecule has 2 amide bonds. The Hall–Kier alpha value is -4.67. The minimum Gasteiger partial charge on any atom is -0.460 e. The fourth-order valence-corrected chi connectivity index (χ4v) is 11.1. The number of rotatable bonds is 10. The Kier molecular flexibility index (Phi) is 25.3. The molecule has 4 aliphatic rings. The number of hydrogen-bond acceptors (Lipinski definition) is 18. The van der Waals surface area contributed by atoms with Crippen LogP contribution in [0.3, 0.4) is 0 Å². The molecule has 3 fully saturated rings. The van der Waals surface area contributed by atoms with Crippen LogP contribution in [0.15, 0.2) is 47.6 Å². The van der Waals surface area contributed by atoms with Gasteiger partial charge in [0.15, 0.2) is 5.78 Å². The highest BCUT2D eigenvalue weighted by Gasteiger charge is 2.53. The summed E-state index contributed by atoms with van der Waals surface area (Å²) in [5, 5.41) is 45.4. The number of aliphatic hydroxyl groups excluding tert-OH is 1. The van der Waals surface area contributed by atoms with Crippen molar-refractivity contribution in [2.24, 2.45) is 41.4 Å². The van der Waals surface area contributed by atoms with Crippen molar-refractivity contribution in [1.82, 2.24) is 15.2 Å². The zero-order valence-electron chi connectivity index (χ0n) is 47.5. The number of cyclic esters (lactones) is 1. The number of esters is 1. The van der Waals surface area contributed by atoms with E-state index in [1.165, 1.54) is 21.3 Å². The number of fused-ring (bicyclic) bond motifs is 3. The van der Waals surface area contributed by atoms with E-state index in [1.54, 1.807) is 71.9 Å². The van der Waals surface area contributed by atoms with Gasteiger partial charge in [0.2, 0.25) is 5.79 Å². The highest BCUT2D eigenvalue weighted by atomic mass is 16.9. The number of aliphatic hydroxyl groups is 2. The molecule has 434 valence electrons. The first-order chi connectivity index (χ1) is 36.3. The second-order valence-electron chi connectivity index (χ2n) is 22.2. The van der Waals surface area contributed by atoms with Gasteiger partial charge in [-0.1, -0.05) is 78.0 Å². The monoisotopic (exact) mass is 1090 g/mol. The molecule has 3 heterocycles. The Morgan fingerprint density at radius 3 is 2.25 bits per heavy atom. The first-order valence-corrected chi connectivity index (χ1v) is 27.6. The molecule has 4 rings (SSSR count). The maximum absolute atomic E-state index is 14.6. The average Bonchev–Trinajstić information content (AvgIpc) is 3.39. The summed E-state index contributed by atoms with van der Waals surface area (Å²) < 4.78 is 29.2. The number of piperidine rings is 1. The lowest BCUT2D eigenvalue weighted by Crippen LogP contribution is -2.61. The van der Waals surface area contributed by atoms with Gasteiger partial charge in [-0.3, -0.25) is 29.6 Å². The van der Waals surface area contributed by atoms with Crippen LogP contribution in [-0.2, 0) is 57.3 Å². The van der Waals surface area contributed by atoms with Crippen molar-refractivity contribution in [2.45, 2.75) is 200 Å². The van der Waals surface area contributed by atoms with Crippen LogP contribution >= 0.6 is 0 Å². The number of Topliss-reactive ketones (excluding diaryl/α,β-unsaturated/α-hetero) is 3. The van der Waals surface area contributed by atoms with Crippen molar-refractivity contribution in [3.63, 3.8) is 0 Å². The predicted octanol–water partition coefficient (Wildman–Crippen LogP) is 7.20. The van der Waals surface area contributed by atoms with E-state index >= 15 is 0 Å². The van der Waals surface area contributed by atoms with Crippen molar-refractivity contribution >= 4 is 41.3 Å². The van der Waals surface area contributed by atoms with E-state index in [2.05, 4.69) is 0 Å². The highest BCUT2D eigenvalue weighted by Crippen LogP contribution is 2.39. The van der Waals surface area contributed by atoms with Gasteiger partial charge >= 0.3 is 18.0 Å². The molecule has 0 aromatic heterocycles. The van der Waals surface area contributed by atoms with E-state index in [-0.39, 0.29) is 62.1 Å². The number of hydrogen-bond donors (Lipinski definition) is 4. The quantitative estimate of drug-likeness (QED) is 0.0554. The lowest BCUT2D eigenvalue weighted by atomic mass is 9.75. The van der Waals surface area contributed by atoms with Gasteiger partial charge in [-0.15, -0.1) is 0 Å². The van der Waals surface area contributed by atoms with Crippen molar-refractivity contribution in [3.05, 3.63) is 47.6 Å². The number of carbonyl (C=O) groups excluding carboxylic acids is 7. The van der Waals surface area contributed by atoms with E-state index in [0.29, 0.717) is 72.8 Å². The standard InChI is InChI=1S/C57H89N3O17/c1-13-40(9)74-56(68)60(71)45-31-42-24-22-39(8)57(69,76-42)52(64)53(65)59-26-18-17-21-44(59)55(67)75-47(36(5)29-41-23-25-43(48(30-41)72-11)54(66)77-58(10)70)32-46(61)35(4)28-38(7)50(63)51(73-12)49(62)37(6)27-33(2)19-15-14-16-20-34(45)3/h14-16,19-20,28,33,35-37,39-45,47-48,50-51,63,69-71H,13,17-18,21-27,29-32H2,1-12H3/b16-14+,19-15-,34-20+,38-28+/t33-,35-,36-,37-,39-,40?,41+,42+,43-,44+,45-,47+,48-,50-,51+,57-/m1/s1. The van der Waals surface area contributed by atoms with Gasteiger partial charge in [0.1, 0.15) is 36.2 Å². The van der Waals surface area contributed by atoms with E-state index in [1.807, 2.05) is 26.8 Å². The van der Waals surface area contributed by atoms with E-state index in [9.17, 15) is 54.2 Å². The Morgan fingerprint density at radius 2 is 1.60 bits per heavy atom. The average molecular weight is 1090 g/mol. The Balaban J connectivity index is 1.75. The van der Waals surface area contributed by atoms with Crippen LogP contribution in [0.5, 0.6) is 0 Å². The first-order valence-electron chi connectivity index (χ1n) is 27.6. The maximum Gasteiger partial charge on any atom is 0.434 e. The predicted molar refractivity (Wildman–Crippen MR) is 281 cm³/mol. The number of carbonyl (C=O) groups is 7. The molecule has 77 heavy (non-hydrogen) atoms. The first kappa shape index (κ1) is 64.9. The summed E-state index contributed by atoms with van der Waals surface area (Å²) in [6, 6.07) is -2.34. The molecule has 0 aromatic carbocycles. The molecule has 0 aromatic rings. The third kappa shape index (κ3) is 17.7. The van der Waals surface area contributed by atoms with Gasteiger partial charge < -0.3 is 43.6 Å². The van der Waals surface area contributed by atoms with Crippen LogP contribution in [0.2, 0.25) is 0 Å². The lowest BCUT2D eigenvalue weighted by Gasteiger charge is -2.43. The summed E-state index contributed by atoms with van der Waals surface area (Å²) in [5.74, 6) is -10.8. The normalized spacial score (nSPS) is 36.2. The number of hydroxylamine groups is 4. The molecule has 1 saturated carbocycles. The molecule has 0 spiro atoms. The smallest absolute Gasteiger partial charge is 0.434 e. The minimum atomic E-state index is -2.65. The number of allylic oxidation sites excluding steroid dienone is 6. The van der Waals surface area contributed by atoms with Gasteiger partial charge in [0.05, 0.1) is 31.2 Å². The third-order valence-corrected chi connectivity index (χ3v) is 16.1. The van der Waals surface area contributed by atoms with Crippen LogP contribution < -0.4 is 0 Å². The molecule has 2 bridgehead atoms. The van der Waals surface area contributed by atoms with Crippen LogP contribution in [-0.4, -0.2) is 159 Å². The molecular formula is C57H89N3O17. The molecular weight excluding hydrogens is 999 g/mol. The number of nitrogens with zero attached hydrogens (tertiary/aromatic N) is 3. The van der Waals surface area contributed by atoms with Crippen LogP contribution in [0.25, 0.3) is 0 Å². The molecule has 3 aliphatic heterocycles. The van der Waals surface area contributed by atoms with Crippen molar-refractivity contribution in [3.8, 4) is 0 Å². The van der Waals surface area contributed by atoms with Gasteiger partial charge in [0, 0.05) is 51.4 Å². The van der Waals surface area contributed by atoms with Gasteiger partial charge in [-0.2, -0.15) is 5.06 Å². The summed E-state index contributed by atoms with van der Waals surface area (Å²) in [6.45, 7) is 15.5. The second kappa shape index (κ2) is 30.1. The summed E-state index contributed by atoms with van der Waals surface area (Å²) in [6.07, 6.45) is 7.51. The fourth-order valence-electron chi connectivity index (χ4n) is 11.1. The summed E-state index contributed by atoms with van der Waals surface area (Å²) in [4.78, 5) is 104. The van der Waals surface area contributed by atoms with Crippen LogP contribution in [0.1, 0.15) is 146 Å². The SMILES string of the molecule is CCC(C)OC(=O)N(O)[C@@H]1C[C@@H]2CC[C@@H](C)[C@@](O)(O2)C(=O)C(=O)N2CCCC[C@H]2C(=O)O[C@H]([C@H](C)C[C@@H]2CC[C@@H](C(=O)ON(C)O)[C@H](OC)C2)CC(=O)[C@H](C)/C=C(\C)[C@@H](O)[C@@H](OC)C(=O)[C@H](C)C[C@H](C)\C=C/C=C/C=C/1C. The Bertz CT molecular complexity index is 2160. The molecule has 20 nitrogen and oxygen atoms in total. The van der Waals surface area contributed by atoms with Crippen molar-refractivity contribution in [2.75, 3.05) is 27.8 Å². The maximum atomic E-state index is 14.6. The molecule has 2 saturated heterocycles. The van der Waals surface area contributed by atoms with Gasteiger partial charge in [-0.25, -0.2) is 14.4 Å². The summed E-state index contributed by atoms with van der Waals surface area (Å²) in [5.41, 5.74) is 0.817. The largest absolute Gasteiger partial charge is 0.460 e. The van der Waals surface area contributed by atoms with E-state index < -0.39 is 114 Å². The van der Waals surface area contributed by atoms with Crippen molar-refractivity contribution in [1.29, 1.82) is 0 Å². The van der Waals surface area contributed by atoms with Crippen LogP contribution in [0.4, 0.5) is 4.79 Å². The summed E-state index contributed by atoms with van der Waals surface area (Å²) in [7, 11) is 4.00. The molecule has 1 unspecified atom stereocenters. The van der Waals surface area contributed by atoms with Gasteiger partial charge in [-0.05, 0) is 126 Å². The molecule has 0 radical (unpaired) electrons. The zero-order chi connectivity index (χ0) is 57.5. The molecule has 20 heteroatoms. The topological polar surface area (TPSA) is 266 Å². The molecule has 4 N–H and O–H groups in total. The van der Waals surface area contributed by atoms with Crippen molar-refractivity contribution < 1.29 is 82.7 Å². The number of ketones is 3. The molecule has 1 aliphatic carbocycles. The zero-order valence-corrected chi connectivity index (χ0v) is 47.5. The van der Waals surface area contributed by atoms with Gasteiger partial charge in [0.25, 0.3) is 11.7 Å². The molecule has 16 atom stereocenters. The second-order valence-corrected chi connectivity index (χ2v) is 22.2. The highest BCUT2D eigenvalue weighted by molar-refractivity contribution is 6.39. The third-order valence-electron chi connectivity index (χ3n) is 16.1. The minimum absolute atomic E-state index is 0.0217. The lowest BCUT2D eigenvalue weighted by molar-refractivity contribution is -0.306. The number of methoxy groups -OCH3 is 2. The number of amides is 2. The van der Waals surface area contributed by atoms with E-state index in [4.69, 9.17) is 28.5 Å². The fraction of sp³-hybridized carbons (Fsp3) is 0.737. The Morgan fingerprint density at radius 1 is 0.896 bits per heavy atom. The number of ether oxygens (including phenoxy) is 5. The summed E-state index contributed by atoms with van der Waals surface area (Å²) >= 11 is 0. The van der Waals surface area contributed by atoms with E-state index in [0.717, 1.165) is 4.90 Å². The van der Waals surface area contributed by atoms with Crippen LogP contribution in [0, 0.1) is 41.4 Å².